The molecule has 17 heavy (non-hydrogen) atoms. The molecule has 3 heteroatoms. The zero-order chi connectivity index (χ0) is 12.6. The van der Waals surface area contributed by atoms with Crippen molar-refractivity contribution in [1.29, 1.82) is 0 Å². The van der Waals surface area contributed by atoms with E-state index in [0.717, 1.165) is 22.1 Å². The Balaban J connectivity index is 2.42. The number of carbonyl (C=O) groups is 1. The summed E-state index contributed by atoms with van der Waals surface area (Å²) in [4.78, 5) is 12.1. The van der Waals surface area contributed by atoms with Crippen LogP contribution in [0, 0.1) is 11.8 Å². The molecule has 1 amide bonds. The third-order valence-corrected chi connectivity index (χ3v) is 4.14. The SMILES string of the molecule is CCC(C(C)C)C1C(=O)Nc2ccc(Br)cc21. The zero-order valence-electron chi connectivity index (χ0n) is 10.5. The van der Waals surface area contributed by atoms with E-state index in [9.17, 15) is 4.79 Å². The highest BCUT2D eigenvalue weighted by molar-refractivity contribution is 9.10. The molecule has 1 aromatic rings. The van der Waals surface area contributed by atoms with Crippen molar-refractivity contribution in [1.82, 2.24) is 0 Å². The van der Waals surface area contributed by atoms with Crippen molar-refractivity contribution in [3.8, 4) is 0 Å². The van der Waals surface area contributed by atoms with Gasteiger partial charge in [-0.25, -0.2) is 0 Å². The highest BCUT2D eigenvalue weighted by atomic mass is 79.9. The van der Waals surface area contributed by atoms with E-state index in [1.807, 2.05) is 12.1 Å². The molecule has 0 fully saturated rings. The topological polar surface area (TPSA) is 29.1 Å². The Kier molecular flexibility index (Phi) is 3.57. The molecule has 1 heterocycles. The van der Waals surface area contributed by atoms with Crippen molar-refractivity contribution in [3.63, 3.8) is 0 Å². The predicted octanol–water partition coefficient (Wildman–Crippen LogP) is 4.17. The number of benzene rings is 1. The number of carbonyl (C=O) groups excluding carboxylic acids is 1. The normalized spacial score (nSPS) is 20.3. The number of hydrogen-bond acceptors (Lipinski definition) is 1. The Hall–Kier alpha value is -0.830. The fraction of sp³-hybridized carbons (Fsp3) is 0.500. The molecule has 1 aliphatic heterocycles. The number of amides is 1. The average Bonchev–Trinajstić information content (AvgIpc) is 2.56. The van der Waals surface area contributed by atoms with Crippen LogP contribution in [0.3, 0.4) is 0 Å². The van der Waals surface area contributed by atoms with Crippen LogP contribution in [-0.2, 0) is 4.79 Å². The predicted molar refractivity (Wildman–Crippen MR) is 74.1 cm³/mol. The first-order valence-corrected chi connectivity index (χ1v) is 6.94. The fourth-order valence-corrected chi connectivity index (χ4v) is 3.15. The highest BCUT2D eigenvalue weighted by Crippen LogP contribution is 2.42. The highest BCUT2D eigenvalue weighted by Gasteiger charge is 2.37. The summed E-state index contributed by atoms with van der Waals surface area (Å²) in [5, 5.41) is 2.98. The Morgan fingerprint density at radius 1 is 1.41 bits per heavy atom. The van der Waals surface area contributed by atoms with Crippen LogP contribution >= 0.6 is 15.9 Å². The number of hydrogen-bond donors (Lipinski definition) is 1. The van der Waals surface area contributed by atoms with Gasteiger partial charge in [0.1, 0.15) is 0 Å². The number of nitrogens with one attached hydrogen (secondary N) is 1. The van der Waals surface area contributed by atoms with E-state index in [-0.39, 0.29) is 11.8 Å². The molecule has 0 radical (unpaired) electrons. The molecule has 2 rings (SSSR count). The lowest BCUT2D eigenvalue weighted by atomic mass is 9.78. The van der Waals surface area contributed by atoms with E-state index in [1.165, 1.54) is 0 Å². The minimum absolute atomic E-state index is 0.00694. The molecule has 2 unspecified atom stereocenters. The zero-order valence-corrected chi connectivity index (χ0v) is 12.0. The summed E-state index contributed by atoms with van der Waals surface area (Å²) in [6, 6.07) is 6.02. The molecule has 1 N–H and O–H groups in total. The van der Waals surface area contributed by atoms with Crippen LogP contribution in [0.25, 0.3) is 0 Å². The summed E-state index contributed by atoms with van der Waals surface area (Å²) in [5.74, 6) is 1.08. The van der Waals surface area contributed by atoms with Crippen LogP contribution in [0.2, 0.25) is 0 Å². The summed E-state index contributed by atoms with van der Waals surface area (Å²) in [5.41, 5.74) is 2.12. The molecule has 0 spiro atoms. The second-order valence-corrected chi connectivity index (χ2v) is 5.93. The Labute approximate surface area is 111 Å². The summed E-state index contributed by atoms with van der Waals surface area (Å²) in [7, 11) is 0. The second kappa shape index (κ2) is 4.81. The molecule has 0 aromatic heterocycles. The quantitative estimate of drug-likeness (QED) is 0.891. The summed E-state index contributed by atoms with van der Waals surface area (Å²) in [6.45, 7) is 6.54. The maximum Gasteiger partial charge on any atom is 0.232 e. The van der Waals surface area contributed by atoms with Crippen LogP contribution in [0.15, 0.2) is 22.7 Å². The van der Waals surface area contributed by atoms with Gasteiger partial charge in [-0.3, -0.25) is 4.79 Å². The largest absolute Gasteiger partial charge is 0.325 e. The Bertz CT molecular complexity index is 442. The molecule has 92 valence electrons. The standard InChI is InChI=1S/C14H18BrNO/c1-4-10(8(2)3)13-11-7-9(15)5-6-12(11)16-14(13)17/h5-8,10,13H,4H2,1-3H3,(H,16,17). The number of fused-ring (bicyclic) bond motifs is 1. The van der Waals surface area contributed by atoms with Crippen molar-refractivity contribution >= 4 is 27.5 Å². The molecule has 0 aliphatic carbocycles. The Morgan fingerprint density at radius 2 is 2.12 bits per heavy atom. The molecule has 2 nitrogen and oxygen atoms in total. The number of anilines is 1. The minimum atomic E-state index is 0.00694. The summed E-state index contributed by atoms with van der Waals surface area (Å²) in [6.07, 6.45) is 1.03. The van der Waals surface area contributed by atoms with E-state index in [2.05, 4.69) is 48.1 Å². The van der Waals surface area contributed by atoms with Crippen molar-refractivity contribution in [2.24, 2.45) is 11.8 Å². The van der Waals surface area contributed by atoms with Crippen LogP contribution in [0.1, 0.15) is 38.7 Å². The van der Waals surface area contributed by atoms with Gasteiger partial charge < -0.3 is 5.32 Å². The summed E-state index contributed by atoms with van der Waals surface area (Å²) < 4.78 is 1.04. The van der Waals surface area contributed by atoms with E-state index in [0.29, 0.717) is 11.8 Å². The van der Waals surface area contributed by atoms with Crippen molar-refractivity contribution in [2.75, 3.05) is 5.32 Å². The first-order chi connectivity index (χ1) is 8.04. The van der Waals surface area contributed by atoms with Gasteiger partial charge in [-0.05, 0) is 35.6 Å². The molecule has 1 aromatic carbocycles. The van der Waals surface area contributed by atoms with Crippen LogP contribution in [0.4, 0.5) is 5.69 Å². The summed E-state index contributed by atoms with van der Waals surface area (Å²) >= 11 is 3.48. The average molecular weight is 296 g/mol. The smallest absolute Gasteiger partial charge is 0.232 e. The molecule has 0 saturated carbocycles. The van der Waals surface area contributed by atoms with Crippen LogP contribution in [0.5, 0.6) is 0 Å². The van der Waals surface area contributed by atoms with Gasteiger partial charge >= 0.3 is 0 Å². The molecule has 1 aliphatic rings. The second-order valence-electron chi connectivity index (χ2n) is 5.01. The number of halogens is 1. The molecular weight excluding hydrogens is 278 g/mol. The van der Waals surface area contributed by atoms with Gasteiger partial charge in [0.15, 0.2) is 0 Å². The van der Waals surface area contributed by atoms with Gasteiger partial charge in [0.25, 0.3) is 0 Å². The first kappa shape index (κ1) is 12.6. The first-order valence-electron chi connectivity index (χ1n) is 6.15. The van der Waals surface area contributed by atoms with Gasteiger partial charge in [0.2, 0.25) is 5.91 Å². The lowest BCUT2D eigenvalue weighted by Gasteiger charge is -2.24. The van der Waals surface area contributed by atoms with Crippen molar-refractivity contribution < 1.29 is 4.79 Å². The van der Waals surface area contributed by atoms with E-state index in [4.69, 9.17) is 0 Å². The van der Waals surface area contributed by atoms with Crippen molar-refractivity contribution in [3.05, 3.63) is 28.2 Å². The van der Waals surface area contributed by atoms with E-state index >= 15 is 0 Å². The van der Waals surface area contributed by atoms with Gasteiger partial charge in [0, 0.05) is 10.2 Å². The van der Waals surface area contributed by atoms with Crippen molar-refractivity contribution in [2.45, 2.75) is 33.1 Å². The van der Waals surface area contributed by atoms with Crippen LogP contribution in [-0.4, -0.2) is 5.91 Å². The van der Waals surface area contributed by atoms with Gasteiger partial charge in [-0.1, -0.05) is 43.1 Å². The van der Waals surface area contributed by atoms with Gasteiger partial charge in [-0.15, -0.1) is 0 Å². The Morgan fingerprint density at radius 3 is 2.71 bits per heavy atom. The van der Waals surface area contributed by atoms with Gasteiger partial charge in [-0.2, -0.15) is 0 Å². The molecule has 0 bridgehead atoms. The van der Waals surface area contributed by atoms with E-state index in [1.54, 1.807) is 0 Å². The third-order valence-electron chi connectivity index (χ3n) is 3.64. The molecule has 0 saturated heterocycles. The van der Waals surface area contributed by atoms with E-state index < -0.39 is 0 Å². The lowest BCUT2D eigenvalue weighted by molar-refractivity contribution is -0.118. The monoisotopic (exact) mass is 295 g/mol. The maximum atomic E-state index is 12.1. The molecule has 2 atom stereocenters. The van der Waals surface area contributed by atoms with Crippen LogP contribution < -0.4 is 5.32 Å². The number of rotatable bonds is 3. The molecular formula is C14H18BrNO. The fourth-order valence-electron chi connectivity index (χ4n) is 2.77. The maximum absolute atomic E-state index is 12.1. The minimum Gasteiger partial charge on any atom is -0.325 e. The third kappa shape index (κ3) is 2.25. The lowest BCUT2D eigenvalue weighted by Crippen LogP contribution is -2.24. The van der Waals surface area contributed by atoms with Gasteiger partial charge in [0.05, 0.1) is 5.92 Å².